The zero-order valence-corrected chi connectivity index (χ0v) is 16.6. The van der Waals surface area contributed by atoms with Gasteiger partial charge < -0.3 is 9.88 Å². The van der Waals surface area contributed by atoms with E-state index in [1.54, 1.807) is 13.1 Å². The number of imidazole rings is 1. The van der Waals surface area contributed by atoms with Gasteiger partial charge >= 0.3 is 0 Å². The summed E-state index contributed by atoms with van der Waals surface area (Å²) in [5, 5.41) is 2.94. The highest BCUT2D eigenvalue weighted by molar-refractivity contribution is 7.89. The van der Waals surface area contributed by atoms with Gasteiger partial charge in [-0.05, 0) is 44.4 Å². The molecule has 1 aliphatic rings. The summed E-state index contributed by atoms with van der Waals surface area (Å²) in [5.74, 6) is 0.623. The van der Waals surface area contributed by atoms with Gasteiger partial charge in [-0.25, -0.2) is 17.7 Å². The van der Waals surface area contributed by atoms with Crippen LogP contribution in [0.1, 0.15) is 31.2 Å². The van der Waals surface area contributed by atoms with Crippen molar-refractivity contribution in [2.24, 2.45) is 5.92 Å². The Morgan fingerprint density at radius 1 is 1.30 bits per heavy atom. The molecule has 0 radical (unpaired) electrons. The molecule has 146 valence electrons. The summed E-state index contributed by atoms with van der Waals surface area (Å²) in [6.07, 6.45) is 5.11. The molecule has 1 saturated heterocycles. The molecule has 8 heteroatoms. The first-order valence-corrected chi connectivity index (χ1v) is 10.9. The summed E-state index contributed by atoms with van der Waals surface area (Å²) in [6, 6.07) is 7.94. The van der Waals surface area contributed by atoms with Crippen molar-refractivity contribution in [3.63, 3.8) is 0 Å². The summed E-state index contributed by atoms with van der Waals surface area (Å²) < 4.78 is 27.5. The highest BCUT2D eigenvalue weighted by Gasteiger charge is 2.31. The number of aryl methyl sites for hydroxylation is 1. The molecular weight excluding hydrogens is 364 g/mol. The fraction of sp³-hybridized carbons (Fsp3) is 0.474. The van der Waals surface area contributed by atoms with Crippen LogP contribution in [0.3, 0.4) is 0 Å². The first-order valence-electron chi connectivity index (χ1n) is 9.25. The van der Waals surface area contributed by atoms with Gasteiger partial charge in [0.25, 0.3) is 0 Å². The van der Waals surface area contributed by atoms with E-state index < -0.39 is 10.0 Å². The maximum atomic E-state index is 12.5. The van der Waals surface area contributed by atoms with Crippen molar-refractivity contribution in [3.8, 4) is 5.69 Å². The smallest absolute Gasteiger partial charge is 0.224 e. The molecule has 0 spiro atoms. The molecule has 1 aromatic carbocycles. The molecule has 1 aromatic heterocycles. The number of nitrogens with one attached hydrogen (secondary N) is 1. The molecule has 1 aliphatic heterocycles. The quantitative estimate of drug-likeness (QED) is 0.816. The average Bonchev–Trinajstić information content (AvgIpc) is 3.12. The number of hydrogen-bond donors (Lipinski definition) is 1. The zero-order valence-electron chi connectivity index (χ0n) is 15.8. The van der Waals surface area contributed by atoms with E-state index in [9.17, 15) is 13.2 Å². The molecule has 0 unspecified atom stereocenters. The molecule has 1 amide bonds. The predicted molar refractivity (Wildman–Crippen MR) is 104 cm³/mol. The number of amides is 1. The lowest BCUT2D eigenvalue weighted by Gasteiger charge is -2.30. The van der Waals surface area contributed by atoms with Crippen LogP contribution in [0.15, 0.2) is 36.7 Å². The van der Waals surface area contributed by atoms with E-state index in [1.165, 1.54) is 4.31 Å². The molecule has 27 heavy (non-hydrogen) atoms. The second-order valence-corrected chi connectivity index (χ2v) is 9.08. The van der Waals surface area contributed by atoms with E-state index in [4.69, 9.17) is 0 Å². The zero-order chi connectivity index (χ0) is 19.4. The minimum atomic E-state index is -3.24. The summed E-state index contributed by atoms with van der Waals surface area (Å²) >= 11 is 0. The number of carbonyl (C=O) groups excluding carboxylic acids is 1. The van der Waals surface area contributed by atoms with E-state index >= 15 is 0 Å². The maximum absolute atomic E-state index is 12.5. The van der Waals surface area contributed by atoms with E-state index in [2.05, 4.69) is 10.3 Å². The first kappa shape index (κ1) is 19.6. The molecule has 3 rings (SSSR count). The SMILES string of the molecule is CCS(=O)(=O)N1CCC[C@@H](C(=O)NCc2ccc(-n3ccnc3C)cc2)C1. The number of rotatable bonds is 6. The molecule has 2 heterocycles. The topological polar surface area (TPSA) is 84.3 Å². The van der Waals surface area contributed by atoms with Crippen LogP contribution in [-0.2, 0) is 21.4 Å². The summed E-state index contributed by atoms with van der Waals surface area (Å²) in [6.45, 7) is 4.79. The Labute approximate surface area is 160 Å². The van der Waals surface area contributed by atoms with Crippen LogP contribution in [0.4, 0.5) is 0 Å². The first-order chi connectivity index (χ1) is 12.9. The van der Waals surface area contributed by atoms with Crippen molar-refractivity contribution in [2.45, 2.75) is 33.2 Å². The van der Waals surface area contributed by atoms with Crippen molar-refractivity contribution >= 4 is 15.9 Å². The number of hydrogen-bond acceptors (Lipinski definition) is 4. The van der Waals surface area contributed by atoms with Crippen molar-refractivity contribution < 1.29 is 13.2 Å². The van der Waals surface area contributed by atoms with Gasteiger partial charge in [-0.3, -0.25) is 4.79 Å². The number of benzene rings is 1. The van der Waals surface area contributed by atoms with Crippen LogP contribution in [0.2, 0.25) is 0 Å². The monoisotopic (exact) mass is 390 g/mol. The Kier molecular flexibility index (Phi) is 5.96. The molecule has 1 fully saturated rings. The van der Waals surface area contributed by atoms with Crippen molar-refractivity contribution in [1.82, 2.24) is 19.2 Å². The molecule has 1 atom stereocenters. The van der Waals surface area contributed by atoms with Crippen LogP contribution in [0, 0.1) is 12.8 Å². The number of piperidine rings is 1. The minimum absolute atomic E-state index is 0.0735. The van der Waals surface area contributed by atoms with Gasteiger partial charge in [-0.15, -0.1) is 0 Å². The number of sulfonamides is 1. The fourth-order valence-corrected chi connectivity index (χ4v) is 4.53. The normalized spacial score (nSPS) is 18.4. The summed E-state index contributed by atoms with van der Waals surface area (Å²) in [7, 11) is -3.24. The lowest BCUT2D eigenvalue weighted by molar-refractivity contribution is -0.126. The highest BCUT2D eigenvalue weighted by Crippen LogP contribution is 2.20. The van der Waals surface area contributed by atoms with Crippen molar-refractivity contribution in [3.05, 3.63) is 48.0 Å². The Bertz CT molecular complexity index is 890. The van der Waals surface area contributed by atoms with E-state index in [-0.39, 0.29) is 24.1 Å². The van der Waals surface area contributed by atoms with Crippen LogP contribution in [0.5, 0.6) is 0 Å². The predicted octanol–water partition coefficient (Wildman–Crippen LogP) is 1.86. The maximum Gasteiger partial charge on any atom is 0.224 e. The van der Waals surface area contributed by atoms with Crippen LogP contribution < -0.4 is 5.32 Å². The Morgan fingerprint density at radius 2 is 2.04 bits per heavy atom. The third-order valence-electron chi connectivity index (χ3n) is 5.02. The standard InChI is InChI=1S/C19H26N4O3S/c1-3-27(25,26)22-11-4-5-17(14-22)19(24)21-13-16-6-8-18(9-7-16)23-12-10-20-15(23)2/h6-10,12,17H,3-5,11,13-14H2,1-2H3,(H,21,24)/t17-/m1/s1. The van der Waals surface area contributed by atoms with Gasteiger partial charge in [-0.2, -0.15) is 0 Å². The highest BCUT2D eigenvalue weighted by atomic mass is 32.2. The number of carbonyl (C=O) groups is 1. The Balaban J connectivity index is 1.57. The van der Waals surface area contributed by atoms with E-state index in [0.717, 1.165) is 29.9 Å². The average molecular weight is 391 g/mol. The van der Waals surface area contributed by atoms with Gasteiger partial charge in [-0.1, -0.05) is 12.1 Å². The number of nitrogens with zero attached hydrogens (tertiary/aromatic N) is 3. The largest absolute Gasteiger partial charge is 0.352 e. The van der Waals surface area contributed by atoms with Crippen molar-refractivity contribution in [1.29, 1.82) is 0 Å². The minimum Gasteiger partial charge on any atom is -0.352 e. The second kappa shape index (κ2) is 8.22. The molecule has 1 N–H and O–H groups in total. The second-order valence-electron chi connectivity index (χ2n) is 6.83. The van der Waals surface area contributed by atoms with E-state index in [1.807, 2.05) is 42.0 Å². The van der Waals surface area contributed by atoms with Gasteiger partial charge in [0.05, 0.1) is 11.7 Å². The molecule has 2 aromatic rings. The van der Waals surface area contributed by atoms with Gasteiger partial charge in [0, 0.05) is 37.7 Å². The van der Waals surface area contributed by atoms with Gasteiger partial charge in [0.2, 0.25) is 15.9 Å². The van der Waals surface area contributed by atoms with Crippen LogP contribution in [-0.4, -0.2) is 47.0 Å². The van der Waals surface area contributed by atoms with Gasteiger partial charge in [0.15, 0.2) is 0 Å². The summed E-state index contributed by atoms with van der Waals surface area (Å²) in [5.41, 5.74) is 2.02. The molecule has 0 saturated carbocycles. The summed E-state index contributed by atoms with van der Waals surface area (Å²) in [4.78, 5) is 16.7. The Hall–Kier alpha value is -2.19. The third-order valence-corrected chi connectivity index (χ3v) is 6.87. The third kappa shape index (κ3) is 4.56. The molecule has 0 aliphatic carbocycles. The lowest BCUT2D eigenvalue weighted by Crippen LogP contribution is -2.45. The van der Waals surface area contributed by atoms with Crippen molar-refractivity contribution in [2.75, 3.05) is 18.8 Å². The van der Waals surface area contributed by atoms with Crippen LogP contribution >= 0.6 is 0 Å². The Morgan fingerprint density at radius 3 is 2.67 bits per heavy atom. The van der Waals surface area contributed by atoms with Gasteiger partial charge in [0.1, 0.15) is 5.82 Å². The number of aromatic nitrogens is 2. The molecule has 0 bridgehead atoms. The fourth-order valence-electron chi connectivity index (χ4n) is 3.35. The van der Waals surface area contributed by atoms with E-state index in [0.29, 0.717) is 13.1 Å². The lowest BCUT2D eigenvalue weighted by atomic mass is 9.99. The van der Waals surface area contributed by atoms with Crippen LogP contribution in [0.25, 0.3) is 5.69 Å². The molecule has 7 nitrogen and oxygen atoms in total. The molecular formula is C19H26N4O3S.